The van der Waals surface area contributed by atoms with Crippen LogP contribution in [-0.4, -0.2) is 24.2 Å². The summed E-state index contributed by atoms with van der Waals surface area (Å²) in [5.41, 5.74) is 0. The monoisotopic (exact) mass is 181 g/mol. The van der Waals surface area contributed by atoms with Crippen LogP contribution in [0.3, 0.4) is 0 Å². The first-order valence-electron chi connectivity index (χ1n) is 3.85. The van der Waals surface area contributed by atoms with Crippen molar-refractivity contribution in [3.8, 4) is 0 Å². The molecule has 5 nitrogen and oxygen atoms in total. The second-order valence-electron chi connectivity index (χ2n) is 2.35. The van der Waals surface area contributed by atoms with E-state index in [-0.39, 0.29) is 12.5 Å². The van der Waals surface area contributed by atoms with E-state index in [9.17, 15) is 4.79 Å². The van der Waals surface area contributed by atoms with E-state index in [2.05, 4.69) is 26.9 Å². The molecule has 0 aliphatic rings. The van der Waals surface area contributed by atoms with Gasteiger partial charge >= 0.3 is 0 Å². The number of nitrogens with one attached hydrogen (secondary N) is 2. The summed E-state index contributed by atoms with van der Waals surface area (Å²) in [7, 11) is 0. The molecule has 5 heteroatoms. The van der Waals surface area contributed by atoms with Crippen molar-refractivity contribution in [1.82, 2.24) is 10.5 Å². The number of hydrogen-bond donors (Lipinski definition) is 2. The Morgan fingerprint density at radius 2 is 2.62 bits per heavy atom. The molecule has 0 unspecified atom stereocenters. The normalized spacial score (nSPS) is 9.54. The van der Waals surface area contributed by atoms with Gasteiger partial charge in [-0.2, -0.15) is 0 Å². The van der Waals surface area contributed by atoms with Crippen molar-refractivity contribution >= 4 is 11.7 Å². The molecule has 0 aliphatic heterocycles. The number of rotatable bonds is 5. The van der Waals surface area contributed by atoms with Crippen LogP contribution in [0.15, 0.2) is 29.5 Å². The van der Waals surface area contributed by atoms with Crippen LogP contribution >= 0.6 is 0 Å². The molecular weight excluding hydrogens is 170 g/mol. The number of nitrogens with zero attached hydrogens (tertiary/aromatic N) is 1. The summed E-state index contributed by atoms with van der Waals surface area (Å²) in [4.78, 5) is 11.1. The Kier molecular flexibility index (Phi) is 3.72. The zero-order valence-electron chi connectivity index (χ0n) is 7.12. The van der Waals surface area contributed by atoms with Gasteiger partial charge in [-0.1, -0.05) is 11.2 Å². The average molecular weight is 181 g/mol. The molecule has 0 bridgehead atoms. The average Bonchev–Trinajstić information content (AvgIpc) is 2.57. The van der Waals surface area contributed by atoms with Crippen LogP contribution in [0.1, 0.15) is 0 Å². The fourth-order valence-corrected chi connectivity index (χ4v) is 0.752. The van der Waals surface area contributed by atoms with Gasteiger partial charge in [-0.3, -0.25) is 4.79 Å². The highest BCUT2D eigenvalue weighted by atomic mass is 16.5. The van der Waals surface area contributed by atoms with Gasteiger partial charge in [-0.25, -0.2) is 0 Å². The van der Waals surface area contributed by atoms with Crippen molar-refractivity contribution < 1.29 is 9.32 Å². The summed E-state index contributed by atoms with van der Waals surface area (Å²) in [6.07, 6.45) is 3.08. The number of anilines is 1. The maximum atomic E-state index is 11.1. The molecule has 1 aromatic rings. The van der Waals surface area contributed by atoms with Crippen molar-refractivity contribution in [2.45, 2.75) is 0 Å². The van der Waals surface area contributed by atoms with Crippen LogP contribution in [0.25, 0.3) is 0 Å². The third kappa shape index (κ3) is 3.53. The molecule has 13 heavy (non-hydrogen) atoms. The van der Waals surface area contributed by atoms with E-state index in [1.807, 2.05) is 0 Å². The lowest BCUT2D eigenvalue weighted by Crippen LogP contribution is -2.28. The van der Waals surface area contributed by atoms with Gasteiger partial charge in [0.1, 0.15) is 6.26 Å². The molecule has 2 N–H and O–H groups in total. The number of hydrogen-bond acceptors (Lipinski definition) is 4. The summed E-state index contributed by atoms with van der Waals surface area (Å²) < 4.78 is 4.54. The third-order valence-corrected chi connectivity index (χ3v) is 1.28. The maximum Gasteiger partial charge on any atom is 0.239 e. The second kappa shape index (κ2) is 5.10. The Labute approximate surface area is 75.8 Å². The van der Waals surface area contributed by atoms with Gasteiger partial charge in [0.05, 0.1) is 6.54 Å². The minimum absolute atomic E-state index is 0.157. The van der Waals surface area contributed by atoms with Crippen molar-refractivity contribution in [2.24, 2.45) is 0 Å². The fourth-order valence-electron chi connectivity index (χ4n) is 0.752. The number of aromatic nitrogens is 1. The van der Waals surface area contributed by atoms with E-state index >= 15 is 0 Å². The summed E-state index contributed by atoms with van der Waals surface area (Å²) in [5.74, 6) is 0.265. The fraction of sp³-hybridized carbons (Fsp3) is 0.250. The standard InChI is InChI=1S/C8H11N3O2/c1-2-4-9-6-8(12)10-7-3-5-13-11-7/h2-3,5,9H,1,4,6H2,(H,10,11,12). The van der Waals surface area contributed by atoms with Crippen molar-refractivity contribution in [1.29, 1.82) is 0 Å². The van der Waals surface area contributed by atoms with Crippen LogP contribution in [0, 0.1) is 0 Å². The number of amides is 1. The summed E-state index contributed by atoms with van der Waals surface area (Å²) in [6.45, 7) is 4.35. The minimum atomic E-state index is -0.157. The molecule has 0 aromatic carbocycles. The molecule has 0 spiro atoms. The van der Waals surface area contributed by atoms with Crippen molar-refractivity contribution in [3.63, 3.8) is 0 Å². The van der Waals surface area contributed by atoms with Crippen LogP contribution in [0.2, 0.25) is 0 Å². The summed E-state index contributed by atoms with van der Waals surface area (Å²) >= 11 is 0. The largest absolute Gasteiger partial charge is 0.363 e. The Balaban J connectivity index is 2.22. The van der Waals surface area contributed by atoms with Crippen LogP contribution in [-0.2, 0) is 4.79 Å². The van der Waals surface area contributed by atoms with Crippen molar-refractivity contribution in [3.05, 3.63) is 25.0 Å². The smallest absolute Gasteiger partial charge is 0.239 e. The zero-order chi connectivity index (χ0) is 9.52. The lowest BCUT2D eigenvalue weighted by atomic mass is 10.5. The molecule has 1 rings (SSSR count). The summed E-state index contributed by atoms with van der Waals surface area (Å²) in [5, 5.41) is 8.93. The Morgan fingerprint density at radius 1 is 1.77 bits per heavy atom. The third-order valence-electron chi connectivity index (χ3n) is 1.28. The maximum absolute atomic E-state index is 11.1. The highest BCUT2D eigenvalue weighted by Gasteiger charge is 2.02. The lowest BCUT2D eigenvalue weighted by Gasteiger charge is -2.00. The topological polar surface area (TPSA) is 67.2 Å². The van der Waals surface area contributed by atoms with Gasteiger partial charge in [0.15, 0.2) is 5.82 Å². The predicted octanol–water partition coefficient (Wildman–Crippen LogP) is 0.389. The van der Waals surface area contributed by atoms with Gasteiger partial charge in [-0.15, -0.1) is 6.58 Å². The van der Waals surface area contributed by atoms with Crippen molar-refractivity contribution in [2.75, 3.05) is 18.4 Å². The van der Waals surface area contributed by atoms with Gasteiger partial charge in [0.2, 0.25) is 5.91 Å². The molecule has 1 heterocycles. The molecular formula is C8H11N3O2. The number of carbonyl (C=O) groups is 1. The van der Waals surface area contributed by atoms with Crippen LogP contribution in [0.5, 0.6) is 0 Å². The SMILES string of the molecule is C=CCNCC(=O)Nc1ccon1. The Hall–Kier alpha value is -1.62. The summed E-state index contributed by atoms with van der Waals surface area (Å²) in [6, 6.07) is 1.57. The van der Waals surface area contributed by atoms with Gasteiger partial charge in [-0.05, 0) is 0 Å². The van der Waals surface area contributed by atoms with E-state index in [0.717, 1.165) is 0 Å². The van der Waals surface area contributed by atoms with E-state index < -0.39 is 0 Å². The predicted molar refractivity (Wildman–Crippen MR) is 48.2 cm³/mol. The first kappa shape index (κ1) is 9.47. The molecule has 70 valence electrons. The second-order valence-corrected chi connectivity index (χ2v) is 2.35. The van der Waals surface area contributed by atoms with E-state index in [1.54, 1.807) is 12.1 Å². The highest BCUT2D eigenvalue weighted by molar-refractivity contribution is 5.91. The van der Waals surface area contributed by atoms with E-state index in [4.69, 9.17) is 0 Å². The molecule has 0 saturated heterocycles. The van der Waals surface area contributed by atoms with Gasteiger partial charge < -0.3 is 15.2 Å². The highest BCUT2D eigenvalue weighted by Crippen LogP contribution is 1.99. The molecule has 0 radical (unpaired) electrons. The molecule has 1 aromatic heterocycles. The lowest BCUT2D eigenvalue weighted by molar-refractivity contribution is -0.115. The van der Waals surface area contributed by atoms with Crippen LogP contribution in [0.4, 0.5) is 5.82 Å². The molecule has 0 saturated carbocycles. The molecule has 0 aliphatic carbocycles. The molecule has 0 fully saturated rings. The van der Waals surface area contributed by atoms with Gasteiger partial charge in [0.25, 0.3) is 0 Å². The Bertz CT molecular complexity index is 269. The molecule has 1 amide bonds. The quantitative estimate of drug-likeness (QED) is 0.509. The van der Waals surface area contributed by atoms with E-state index in [1.165, 1.54) is 6.26 Å². The Morgan fingerprint density at radius 3 is 3.23 bits per heavy atom. The van der Waals surface area contributed by atoms with E-state index in [0.29, 0.717) is 12.4 Å². The first-order valence-corrected chi connectivity index (χ1v) is 3.85. The minimum Gasteiger partial charge on any atom is -0.363 e. The zero-order valence-corrected chi connectivity index (χ0v) is 7.12. The molecule has 0 atom stereocenters. The van der Waals surface area contributed by atoms with Gasteiger partial charge in [0, 0.05) is 12.6 Å². The van der Waals surface area contributed by atoms with Crippen LogP contribution < -0.4 is 10.6 Å². The number of carbonyl (C=O) groups excluding carboxylic acids is 1. The first-order chi connectivity index (χ1) is 6.33.